The van der Waals surface area contributed by atoms with E-state index < -0.39 is 11.9 Å². The van der Waals surface area contributed by atoms with Crippen LogP contribution >= 0.6 is 11.6 Å². The predicted molar refractivity (Wildman–Crippen MR) is 67.4 cm³/mol. The Balaban J connectivity index is 2.16. The maximum atomic E-state index is 12.6. The highest BCUT2D eigenvalue weighted by Crippen LogP contribution is 2.30. The third kappa shape index (κ3) is 3.49. The van der Waals surface area contributed by atoms with Crippen LogP contribution in [0.4, 0.5) is 19.1 Å². The lowest BCUT2D eigenvalue weighted by Gasteiger charge is -2.24. The molecule has 0 amide bonds. The van der Waals surface area contributed by atoms with Gasteiger partial charge in [-0.15, -0.1) is 11.6 Å². The predicted octanol–water partition coefficient (Wildman–Crippen LogP) is 3.48. The van der Waals surface area contributed by atoms with Gasteiger partial charge in [0.25, 0.3) is 0 Å². The molecule has 0 spiro atoms. The number of hydrogen-bond donors (Lipinski definition) is 0. The topological polar surface area (TPSA) is 29.0 Å². The van der Waals surface area contributed by atoms with Crippen molar-refractivity contribution in [3.8, 4) is 0 Å². The first-order valence-electron chi connectivity index (χ1n) is 6.25. The third-order valence-electron chi connectivity index (χ3n) is 3.24. The Hall–Kier alpha value is -1.04. The molecule has 0 bridgehead atoms. The molecule has 0 aromatic carbocycles. The lowest BCUT2D eigenvalue weighted by atomic mass is 10.1. The molecule has 7 heteroatoms. The average molecular weight is 294 g/mol. The Bertz CT molecular complexity index is 425. The van der Waals surface area contributed by atoms with Gasteiger partial charge in [-0.3, -0.25) is 0 Å². The summed E-state index contributed by atoms with van der Waals surface area (Å²) in [5.74, 6) is 0.736. The second-order valence-corrected chi connectivity index (χ2v) is 4.94. The number of aromatic nitrogens is 2. The van der Waals surface area contributed by atoms with E-state index in [2.05, 4.69) is 9.97 Å². The van der Waals surface area contributed by atoms with Gasteiger partial charge in [0.05, 0.1) is 0 Å². The van der Waals surface area contributed by atoms with Crippen LogP contribution in [-0.2, 0) is 6.18 Å². The van der Waals surface area contributed by atoms with Crippen LogP contribution in [0.2, 0.25) is 0 Å². The molecule has 1 aliphatic heterocycles. The number of alkyl halides is 4. The normalized spacial score (nSPS) is 20.0. The first-order chi connectivity index (χ1) is 9.02. The van der Waals surface area contributed by atoms with Crippen molar-refractivity contribution in [2.75, 3.05) is 17.3 Å². The molecule has 1 unspecified atom stereocenters. The maximum absolute atomic E-state index is 12.6. The summed E-state index contributed by atoms with van der Waals surface area (Å²) in [6, 6.07) is 1.09. The highest BCUT2D eigenvalue weighted by molar-refractivity contribution is 6.17. The molecule has 1 aromatic rings. The molecule has 1 aromatic heterocycles. The Labute approximate surface area is 114 Å². The number of hydrogen-bond acceptors (Lipinski definition) is 3. The summed E-state index contributed by atoms with van der Waals surface area (Å²) in [5, 5.41) is 0. The smallest absolute Gasteiger partial charge is 0.338 e. The second kappa shape index (κ2) is 5.94. The van der Waals surface area contributed by atoms with Crippen molar-refractivity contribution < 1.29 is 13.2 Å². The highest BCUT2D eigenvalue weighted by Gasteiger charge is 2.34. The number of nitrogens with zero attached hydrogens (tertiary/aromatic N) is 3. The third-order valence-corrected chi connectivity index (χ3v) is 3.51. The van der Waals surface area contributed by atoms with Crippen LogP contribution in [0, 0.1) is 0 Å². The summed E-state index contributed by atoms with van der Waals surface area (Å²) in [4.78, 5) is 9.48. The van der Waals surface area contributed by atoms with E-state index in [-0.39, 0.29) is 12.0 Å². The zero-order chi connectivity index (χ0) is 13.9. The van der Waals surface area contributed by atoms with E-state index in [4.69, 9.17) is 11.6 Å². The Morgan fingerprint density at radius 2 is 2.21 bits per heavy atom. The number of anilines is 1. The molecule has 2 heterocycles. The van der Waals surface area contributed by atoms with E-state index in [1.165, 1.54) is 6.20 Å². The first kappa shape index (κ1) is 14.4. The van der Waals surface area contributed by atoms with E-state index >= 15 is 0 Å². The van der Waals surface area contributed by atoms with Crippen LogP contribution in [0.5, 0.6) is 0 Å². The van der Waals surface area contributed by atoms with E-state index in [1.54, 1.807) is 0 Å². The lowest BCUT2D eigenvalue weighted by Crippen LogP contribution is -2.31. The van der Waals surface area contributed by atoms with Crippen molar-refractivity contribution in [2.45, 2.75) is 37.9 Å². The van der Waals surface area contributed by atoms with Gasteiger partial charge in [-0.2, -0.15) is 13.2 Å². The zero-order valence-electron chi connectivity index (χ0n) is 10.3. The summed E-state index contributed by atoms with van der Waals surface area (Å²) in [7, 11) is 0. The SMILES string of the molecule is FC(F)(F)c1ccnc(N2CCCC2CCCCl)n1. The van der Waals surface area contributed by atoms with Gasteiger partial charge < -0.3 is 4.90 Å². The average Bonchev–Trinajstić information content (AvgIpc) is 2.83. The van der Waals surface area contributed by atoms with Crippen LogP contribution in [0.3, 0.4) is 0 Å². The lowest BCUT2D eigenvalue weighted by molar-refractivity contribution is -0.141. The molecule has 1 aliphatic rings. The second-order valence-electron chi connectivity index (χ2n) is 4.56. The molecule has 3 nitrogen and oxygen atoms in total. The Morgan fingerprint density at radius 1 is 1.42 bits per heavy atom. The first-order valence-corrected chi connectivity index (χ1v) is 6.78. The summed E-state index contributed by atoms with van der Waals surface area (Å²) >= 11 is 5.66. The summed E-state index contributed by atoms with van der Waals surface area (Å²) in [6.07, 6.45) is 0.360. The summed E-state index contributed by atoms with van der Waals surface area (Å²) in [6.45, 7) is 0.703. The summed E-state index contributed by atoms with van der Waals surface area (Å²) < 4.78 is 37.9. The van der Waals surface area contributed by atoms with Crippen molar-refractivity contribution in [1.82, 2.24) is 9.97 Å². The molecule has 19 heavy (non-hydrogen) atoms. The van der Waals surface area contributed by atoms with Crippen LogP contribution < -0.4 is 4.90 Å². The fourth-order valence-corrected chi connectivity index (χ4v) is 2.51. The standard InChI is InChI=1S/C12H15ClF3N3/c13-6-1-3-9-4-2-8-19(9)11-17-7-5-10(18-11)12(14,15)16/h5,7,9H,1-4,6,8H2. The Morgan fingerprint density at radius 3 is 2.89 bits per heavy atom. The van der Waals surface area contributed by atoms with Gasteiger partial charge >= 0.3 is 6.18 Å². The van der Waals surface area contributed by atoms with Crippen molar-refractivity contribution in [1.29, 1.82) is 0 Å². The van der Waals surface area contributed by atoms with Crippen molar-refractivity contribution in [3.63, 3.8) is 0 Å². The molecular formula is C12H15ClF3N3. The van der Waals surface area contributed by atoms with Gasteiger partial charge in [0.2, 0.25) is 5.95 Å². The van der Waals surface area contributed by atoms with E-state index in [9.17, 15) is 13.2 Å². The molecule has 106 valence electrons. The van der Waals surface area contributed by atoms with Crippen molar-refractivity contribution in [2.24, 2.45) is 0 Å². The fraction of sp³-hybridized carbons (Fsp3) is 0.667. The van der Waals surface area contributed by atoms with Crippen molar-refractivity contribution >= 4 is 17.5 Å². The Kier molecular flexibility index (Phi) is 4.50. The highest BCUT2D eigenvalue weighted by atomic mass is 35.5. The monoisotopic (exact) mass is 293 g/mol. The van der Waals surface area contributed by atoms with Crippen molar-refractivity contribution in [3.05, 3.63) is 18.0 Å². The molecule has 1 fully saturated rings. The van der Waals surface area contributed by atoms with Gasteiger partial charge in [-0.1, -0.05) is 0 Å². The molecule has 1 atom stereocenters. The quantitative estimate of drug-likeness (QED) is 0.796. The minimum absolute atomic E-state index is 0.173. The largest absolute Gasteiger partial charge is 0.433 e. The number of rotatable bonds is 4. The van der Waals surface area contributed by atoms with Crippen LogP contribution in [-0.4, -0.2) is 28.4 Å². The minimum Gasteiger partial charge on any atom is -0.338 e. The van der Waals surface area contributed by atoms with E-state index in [0.29, 0.717) is 12.4 Å². The molecule has 0 aliphatic carbocycles. The van der Waals surface area contributed by atoms with Crippen LogP contribution in [0.1, 0.15) is 31.4 Å². The molecule has 2 rings (SSSR count). The van der Waals surface area contributed by atoms with Crippen LogP contribution in [0.15, 0.2) is 12.3 Å². The minimum atomic E-state index is -4.43. The maximum Gasteiger partial charge on any atom is 0.433 e. The number of halogens is 4. The fourth-order valence-electron chi connectivity index (χ4n) is 2.36. The van der Waals surface area contributed by atoms with Gasteiger partial charge in [0.15, 0.2) is 0 Å². The van der Waals surface area contributed by atoms with E-state index in [1.807, 2.05) is 4.90 Å². The molecular weight excluding hydrogens is 279 g/mol. The van der Waals surface area contributed by atoms with Crippen LogP contribution in [0.25, 0.3) is 0 Å². The molecule has 1 saturated heterocycles. The van der Waals surface area contributed by atoms with Gasteiger partial charge in [-0.05, 0) is 31.7 Å². The van der Waals surface area contributed by atoms with Gasteiger partial charge in [0, 0.05) is 24.7 Å². The van der Waals surface area contributed by atoms with Gasteiger partial charge in [-0.25, -0.2) is 9.97 Å². The van der Waals surface area contributed by atoms with E-state index in [0.717, 1.165) is 31.7 Å². The molecule has 0 saturated carbocycles. The van der Waals surface area contributed by atoms with Gasteiger partial charge in [0.1, 0.15) is 5.69 Å². The molecule has 0 N–H and O–H groups in total. The molecule has 0 radical (unpaired) electrons. The summed E-state index contributed by atoms with van der Waals surface area (Å²) in [5.41, 5.74) is -0.888. The zero-order valence-corrected chi connectivity index (χ0v) is 11.1.